The highest BCUT2D eigenvalue weighted by Crippen LogP contribution is 1.99. The van der Waals surface area contributed by atoms with Crippen LogP contribution in [0.2, 0.25) is 0 Å². The van der Waals surface area contributed by atoms with Gasteiger partial charge < -0.3 is 25.3 Å². The van der Waals surface area contributed by atoms with Crippen molar-refractivity contribution >= 4 is 12.0 Å². The lowest BCUT2D eigenvalue weighted by Gasteiger charge is -2.25. The second-order valence-corrected chi connectivity index (χ2v) is 4.81. The first kappa shape index (κ1) is 19.7. The van der Waals surface area contributed by atoms with E-state index in [0.717, 1.165) is 26.1 Å². The number of carboxylic acids is 1. The van der Waals surface area contributed by atoms with E-state index in [1.165, 1.54) is 0 Å². The molecule has 0 saturated carbocycles. The Morgan fingerprint density at radius 3 is 2.14 bits per heavy atom. The van der Waals surface area contributed by atoms with Gasteiger partial charge in [0, 0.05) is 26.1 Å². The van der Waals surface area contributed by atoms with E-state index < -0.39 is 18.0 Å². The van der Waals surface area contributed by atoms with Crippen LogP contribution >= 0.6 is 0 Å². The molecule has 0 spiro atoms. The van der Waals surface area contributed by atoms with Gasteiger partial charge >= 0.3 is 12.0 Å². The van der Waals surface area contributed by atoms with E-state index in [9.17, 15) is 9.59 Å². The second kappa shape index (κ2) is 11.3. The first-order valence-corrected chi connectivity index (χ1v) is 7.61. The predicted molar refractivity (Wildman–Crippen MR) is 81.3 cm³/mol. The molecule has 0 saturated heterocycles. The molecule has 0 aromatic rings. The molecule has 0 unspecified atom stereocenters. The van der Waals surface area contributed by atoms with Crippen LogP contribution in [-0.2, 0) is 4.79 Å². The summed E-state index contributed by atoms with van der Waals surface area (Å²) in [4.78, 5) is 26.9. The largest absolute Gasteiger partial charge is 0.480 e. The summed E-state index contributed by atoms with van der Waals surface area (Å²) < 4.78 is 0. The predicted octanol–water partition coefficient (Wildman–Crippen LogP) is 0.585. The summed E-state index contributed by atoms with van der Waals surface area (Å²) in [5, 5.41) is 20.2. The Morgan fingerprint density at radius 1 is 1.10 bits per heavy atom. The highest BCUT2D eigenvalue weighted by Gasteiger charge is 2.21. The number of carbonyl (C=O) groups is 2. The molecule has 0 aliphatic rings. The molecule has 0 aromatic heterocycles. The Kier molecular flexibility index (Phi) is 10.6. The molecule has 2 amide bonds. The molecule has 0 rings (SSSR count). The Morgan fingerprint density at radius 2 is 1.71 bits per heavy atom. The van der Waals surface area contributed by atoms with Gasteiger partial charge in [0.2, 0.25) is 0 Å². The molecule has 0 fully saturated rings. The van der Waals surface area contributed by atoms with Gasteiger partial charge in [-0.05, 0) is 33.0 Å². The minimum atomic E-state index is -1.13. The third-order valence-corrected chi connectivity index (χ3v) is 3.48. The number of amides is 2. The summed E-state index contributed by atoms with van der Waals surface area (Å²) in [6.07, 6.45) is 0.860. The van der Waals surface area contributed by atoms with Gasteiger partial charge in [-0.3, -0.25) is 0 Å². The van der Waals surface area contributed by atoms with E-state index in [4.69, 9.17) is 10.2 Å². The molecule has 7 nitrogen and oxygen atoms in total. The number of aliphatic hydroxyl groups is 1. The van der Waals surface area contributed by atoms with Gasteiger partial charge in [-0.25, -0.2) is 9.59 Å². The number of carboxylic acid groups (broad SMARTS) is 1. The third-order valence-electron chi connectivity index (χ3n) is 3.48. The van der Waals surface area contributed by atoms with Crippen LogP contribution in [0.25, 0.3) is 0 Å². The van der Waals surface area contributed by atoms with Crippen LogP contribution in [0.3, 0.4) is 0 Å². The number of carbonyl (C=O) groups excluding carboxylic acids is 1. The quantitative estimate of drug-likeness (QED) is 0.519. The monoisotopic (exact) mass is 303 g/mol. The molecule has 0 radical (unpaired) electrons. The van der Waals surface area contributed by atoms with Crippen molar-refractivity contribution in [1.29, 1.82) is 0 Å². The molecule has 0 aliphatic heterocycles. The topological polar surface area (TPSA) is 93.1 Å². The lowest BCUT2D eigenvalue weighted by atomic mass is 10.2. The van der Waals surface area contributed by atoms with Crippen LogP contribution in [0.4, 0.5) is 4.79 Å². The van der Waals surface area contributed by atoms with E-state index >= 15 is 0 Å². The maximum absolute atomic E-state index is 12.0. The fourth-order valence-corrected chi connectivity index (χ4v) is 2.06. The number of hydrogen-bond donors (Lipinski definition) is 3. The number of aliphatic carboxylic acids is 1. The lowest BCUT2D eigenvalue weighted by molar-refractivity contribution is -0.139. The highest BCUT2D eigenvalue weighted by atomic mass is 16.4. The molecule has 0 heterocycles. The van der Waals surface area contributed by atoms with Crippen LogP contribution in [0, 0.1) is 0 Å². The number of aliphatic hydroxyl groups excluding tert-OH is 1. The van der Waals surface area contributed by atoms with Crippen molar-refractivity contribution in [3.05, 3.63) is 0 Å². The third kappa shape index (κ3) is 7.87. The first-order chi connectivity index (χ1) is 9.99. The summed E-state index contributed by atoms with van der Waals surface area (Å²) in [5.41, 5.74) is 0. The van der Waals surface area contributed by atoms with Crippen molar-refractivity contribution < 1.29 is 19.8 Å². The maximum atomic E-state index is 12.0. The standard InChI is InChI=1S/C14H29N3O4/c1-4-16(5-2)9-7-10-17(6-3)14(21)15-12(8-11-18)13(19)20/h12,18H,4-11H2,1-3H3,(H,15,21)(H,19,20)/t12-/m0/s1. The fraction of sp³-hybridized carbons (Fsp3) is 0.857. The summed E-state index contributed by atoms with van der Waals surface area (Å²) in [7, 11) is 0. The summed E-state index contributed by atoms with van der Waals surface area (Å²) in [6, 6.07) is -1.43. The molecule has 21 heavy (non-hydrogen) atoms. The fourth-order valence-electron chi connectivity index (χ4n) is 2.06. The Bertz CT molecular complexity index is 309. The molecular weight excluding hydrogens is 274 g/mol. The molecule has 1 atom stereocenters. The Labute approximate surface area is 126 Å². The van der Waals surface area contributed by atoms with Crippen molar-refractivity contribution in [3.63, 3.8) is 0 Å². The molecule has 7 heteroatoms. The van der Waals surface area contributed by atoms with Crippen molar-refractivity contribution in [1.82, 2.24) is 15.1 Å². The smallest absolute Gasteiger partial charge is 0.326 e. The molecule has 3 N–H and O–H groups in total. The van der Waals surface area contributed by atoms with E-state index in [1.807, 2.05) is 6.92 Å². The number of rotatable bonds is 11. The number of nitrogens with zero attached hydrogens (tertiary/aromatic N) is 2. The molecule has 0 bridgehead atoms. The van der Waals surface area contributed by atoms with Crippen molar-refractivity contribution in [2.45, 2.75) is 39.7 Å². The number of hydrogen-bond acceptors (Lipinski definition) is 4. The summed E-state index contributed by atoms with van der Waals surface area (Å²) in [6.45, 7) is 9.76. The molecule has 124 valence electrons. The van der Waals surface area contributed by atoms with Crippen LogP contribution < -0.4 is 5.32 Å². The van der Waals surface area contributed by atoms with E-state index in [0.29, 0.717) is 13.1 Å². The van der Waals surface area contributed by atoms with Gasteiger partial charge in [0.1, 0.15) is 6.04 Å². The van der Waals surface area contributed by atoms with Crippen molar-refractivity contribution in [3.8, 4) is 0 Å². The molecular formula is C14H29N3O4. The lowest BCUT2D eigenvalue weighted by Crippen LogP contribution is -2.48. The average molecular weight is 303 g/mol. The minimum absolute atomic E-state index is 0.0120. The van der Waals surface area contributed by atoms with Crippen LogP contribution in [0.15, 0.2) is 0 Å². The van der Waals surface area contributed by atoms with Gasteiger partial charge in [-0.15, -0.1) is 0 Å². The normalized spacial score (nSPS) is 12.2. The van der Waals surface area contributed by atoms with E-state index in [-0.39, 0.29) is 13.0 Å². The van der Waals surface area contributed by atoms with Crippen LogP contribution in [0.5, 0.6) is 0 Å². The Balaban J connectivity index is 4.31. The first-order valence-electron chi connectivity index (χ1n) is 7.61. The minimum Gasteiger partial charge on any atom is -0.480 e. The zero-order valence-electron chi connectivity index (χ0n) is 13.3. The zero-order valence-corrected chi connectivity index (χ0v) is 13.3. The molecule has 0 aliphatic carbocycles. The summed E-state index contributed by atoms with van der Waals surface area (Å²) in [5.74, 6) is -1.13. The maximum Gasteiger partial charge on any atom is 0.326 e. The average Bonchev–Trinajstić information content (AvgIpc) is 2.46. The second-order valence-electron chi connectivity index (χ2n) is 4.81. The van der Waals surface area contributed by atoms with Crippen molar-refractivity contribution in [2.24, 2.45) is 0 Å². The number of nitrogens with one attached hydrogen (secondary N) is 1. The van der Waals surface area contributed by atoms with Gasteiger partial charge in [0.25, 0.3) is 0 Å². The van der Waals surface area contributed by atoms with Gasteiger partial charge in [-0.1, -0.05) is 13.8 Å². The summed E-state index contributed by atoms with van der Waals surface area (Å²) >= 11 is 0. The van der Waals surface area contributed by atoms with E-state index in [1.54, 1.807) is 4.90 Å². The number of urea groups is 1. The van der Waals surface area contributed by atoms with Gasteiger partial charge in [0.05, 0.1) is 0 Å². The zero-order chi connectivity index (χ0) is 16.3. The van der Waals surface area contributed by atoms with Crippen LogP contribution in [0.1, 0.15) is 33.6 Å². The SMILES string of the molecule is CCN(CC)CCCN(CC)C(=O)N[C@@H](CCO)C(=O)O. The Hall–Kier alpha value is -1.34. The van der Waals surface area contributed by atoms with Crippen LogP contribution in [-0.4, -0.2) is 77.4 Å². The highest BCUT2D eigenvalue weighted by molar-refractivity contribution is 5.82. The molecule has 0 aromatic carbocycles. The van der Waals surface area contributed by atoms with E-state index in [2.05, 4.69) is 24.1 Å². The van der Waals surface area contributed by atoms with Gasteiger partial charge in [-0.2, -0.15) is 0 Å². The van der Waals surface area contributed by atoms with Crippen molar-refractivity contribution in [2.75, 3.05) is 39.3 Å². The van der Waals surface area contributed by atoms with Gasteiger partial charge in [0.15, 0.2) is 0 Å².